The zero-order valence-corrected chi connectivity index (χ0v) is 26.2. The van der Waals surface area contributed by atoms with Crippen LogP contribution in [0.4, 0.5) is 5.69 Å². The third kappa shape index (κ3) is 8.71. The Morgan fingerprint density at radius 2 is 1.56 bits per heavy atom. The third-order valence-electron chi connectivity index (χ3n) is 7.01. The number of nitrogens with one attached hydrogen (secondary N) is 1. The predicted molar refractivity (Wildman–Crippen MR) is 167 cm³/mol. The first kappa shape index (κ1) is 32.4. The summed E-state index contributed by atoms with van der Waals surface area (Å²) < 4.78 is 27.1. The summed E-state index contributed by atoms with van der Waals surface area (Å²) in [6.45, 7) is 5.58. The Labute approximate surface area is 253 Å². The van der Waals surface area contributed by atoms with E-state index in [0.29, 0.717) is 27.8 Å². The fourth-order valence-corrected chi connectivity index (χ4v) is 5.93. The highest BCUT2D eigenvalue weighted by Crippen LogP contribution is 2.29. The van der Waals surface area contributed by atoms with Crippen molar-refractivity contribution in [3.8, 4) is 0 Å². The molecule has 0 bridgehead atoms. The Morgan fingerprint density at radius 3 is 2.17 bits per heavy atom. The lowest BCUT2D eigenvalue weighted by Crippen LogP contribution is -2.53. The van der Waals surface area contributed by atoms with E-state index in [0.717, 1.165) is 40.1 Å². The highest BCUT2D eigenvalue weighted by molar-refractivity contribution is 7.92. The Bertz CT molecular complexity index is 1450. The number of hydrogen-bond donors (Lipinski definition) is 1. The van der Waals surface area contributed by atoms with Crippen molar-refractivity contribution in [3.63, 3.8) is 0 Å². The van der Waals surface area contributed by atoms with Gasteiger partial charge in [-0.15, -0.1) is 0 Å². The van der Waals surface area contributed by atoms with Gasteiger partial charge >= 0.3 is 0 Å². The summed E-state index contributed by atoms with van der Waals surface area (Å²) in [5.74, 6) is -0.893. The number of amides is 2. The summed E-state index contributed by atoms with van der Waals surface area (Å²) in [5, 5.41) is 3.64. The molecule has 0 spiro atoms. The number of nitrogens with zero attached hydrogens (tertiary/aromatic N) is 2. The molecule has 0 aliphatic heterocycles. The quantitative estimate of drug-likeness (QED) is 0.241. The van der Waals surface area contributed by atoms with E-state index in [1.165, 1.54) is 4.90 Å². The van der Waals surface area contributed by atoms with E-state index in [1.807, 2.05) is 57.2 Å². The summed E-state index contributed by atoms with van der Waals surface area (Å²) in [5.41, 5.74) is 3.36. The molecule has 1 unspecified atom stereocenters. The first-order valence-electron chi connectivity index (χ1n) is 13.5. The van der Waals surface area contributed by atoms with Crippen molar-refractivity contribution >= 4 is 50.7 Å². The van der Waals surface area contributed by atoms with Crippen molar-refractivity contribution in [1.29, 1.82) is 0 Å². The fourth-order valence-electron chi connectivity index (χ4n) is 4.51. The van der Waals surface area contributed by atoms with Gasteiger partial charge in [0.2, 0.25) is 21.8 Å². The number of anilines is 1. The van der Waals surface area contributed by atoms with E-state index >= 15 is 0 Å². The van der Waals surface area contributed by atoms with Crippen LogP contribution in [0.5, 0.6) is 0 Å². The molecule has 3 aromatic rings. The van der Waals surface area contributed by atoms with Gasteiger partial charge in [-0.2, -0.15) is 0 Å². The zero-order valence-electron chi connectivity index (χ0n) is 23.9. The van der Waals surface area contributed by atoms with Gasteiger partial charge in [0.25, 0.3) is 0 Å². The van der Waals surface area contributed by atoms with Crippen LogP contribution in [0.2, 0.25) is 10.0 Å². The van der Waals surface area contributed by atoms with Gasteiger partial charge in [-0.1, -0.05) is 85.1 Å². The minimum Gasteiger partial charge on any atom is -0.354 e. The summed E-state index contributed by atoms with van der Waals surface area (Å²) in [6, 6.07) is 18.8. The van der Waals surface area contributed by atoms with Crippen LogP contribution in [0.3, 0.4) is 0 Å². The standard InChI is InChI=1S/C31H37Cl2N3O4S/c1-5-6-18-34-31(38)29(19-24-13-8-7-9-14-24)35(20-25-26(32)15-11-16-27(25)33)30(37)21-36(41(4,39)40)28-17-10-12-22(2)23(28)3/h7-17,29H,5-6,18-21H2,1-4H3,(H,34,38). The number of unbranched alkanes of at least 4 members (excludes halogenated alkanes) is 1. The number of rotatable bonds is 13. The smallest absolute Gasteiger partial charge is 0.244 e. The second-order valence-corrected chi connectivity index (χ2v) is 12.8. The van der Waals surface area contributed by atoms with Crippen LogP contribution < -0.4 is 9.62 Å². The molecule has 0 radical (unpaired) electrons. The lowest BCUT2D eigenvalue weighted by molar-refractivity contribution is -0.140. The van der Waals surface area contributed by atoms with E-state index in [-0.39, 0.29) is 18.9 Å². The average molecular weight is 619 g/mol. The lowest BCUT2D eigenvalue weighted by Gasteiger charge is -2.34. The Balaban J connectivity index is 2.11. The highest BCUT2D eigenvalue weighted by atomic mass is 35.5. The van der Waals surface area contributed by atoms with E-state index in [2.05, 4.69) is 5.32 Å². The van der Waals surface area contributed by atoms with Gasteiger partial charge in [-0.05, 0) is 55.2 Å². The predicted octanol–water partition coefficient (Wildman–Crippen LogP) is 5.93. The Kier molecular flexibility index (Phi) is 11.6. The van der Waals surface area contributed by atoms with Crippen molar-refractivity contribution in [2.75, 3.05) is 23.7 Å². The molecule has 2 amide bonds. The van der Waals surface area contributed by atoms with Crippen LogP contribution in [0.1, 0.15) is 42.0 Å². The van der Waals surface area contributed by atoms with E-state index in [4.69, 9.17) is 23.2 Å². The second-order valence-electron chi connectivity index (χ2n) is 10.1. The highest BCUT2D eigenvalue weighted by Gasteiger charge is 2.34. The summed E-state index contributed by atoms with van der Waals surface area (Å²) >= 11 is 13.0. The van der Waals surface area contributed by atoms with E-state index < -0.39 is 28.5 Å². The molecule has 0 fully saturated rings. The monoisotopic (exact) mass is 617 g/mol. The molecule has 7 nitrogen and oxygen atoms in total. The van der Waals surface area contributed by atoms with Gasteiger partial charge in [0.05, 0.1) is 11.9 Å². The lowest BCUT2D eigenvalue weighted by atomic mass is 10.0. The van der Waals surface area contributed by atoms with Gasteiger partial charge in [0.1, 0.15) is 12.6 Å². The largest absolute Gasteiger partial charge is 0.354 e. The molecule has 0 aromatic heterocycles. The number of carbonyl (C=O) groups is 2. The Morgan fingerprint density at radius 1 is 0.927 bits per heavy atom. The topological polar surface area (TPSA) is 86.8 Å². The van der Waals surface area contributed by atoms with Crippen molar-refractivity contribution in [2.24, 2.45) is 0 Å². The normalized spacial score (nSPS) is 12.0. The second kappa shape index (κ2) is 14.7. The van der Waals surface area contributed by atoms with Gasteiger partial charge in [-0.25, -0.2) is 8.42 Å². The van der Waals surface area contributed by atoms with Crippen LogP contribution in [0, 0.1) is 13.8 Å². The Hall–Kier alpha value is -3.07. The zero-order chi connectivity index (χ0) is 30.2. The summed E-state index contributed by atoms with van der Waals surface area (Å²) in [7, 11) is -3.86. The average Bonchev–Trinajstić information content (AvgIpc) is 2.92. The molecule has 220 valence electrons. The maximum absolute atomic E-state index is 14.2. The van der Waals surface area contributed by atoms with Gasteiger partial charge in [-0.3, -0.25) is 13.9 Å². The van der Waals surface area contributed by atoms with E-state index in [1.54, 1.807) is 30.3 Å². The third-order valence-corrected chi connectivity index (χ3v) is 8.85. The first-order valence-corrected chi connectivity index (χ1v) is 16.1. The summed E-state index contributed by atoms with van der Waals surface area (Å²) in [6.07, 6.45) is 2.95. The molecule has 0 aliphatic carbocycles. The van der Waals surface area contributed by atoms with Crippen LogP contribution in [0.25, 0.3) is 0 Å². The van der Waals surface area contributed by atoms with Gasteiger partial charge in [0, 0.05) is 35.1 Å². The maximum Gasteiger partial charge on any atom is 0.244 e. The van der Waals surface area contributed by atoms with Crippen LogP contribution in [0.15, 0.2) is 66.7 Å². The molecular formula is C31H37Cl2N3O4S. The van der Waals surface area contributed by atoms with Crippen LogP contribution in [-0.4, -0.2) is 50.5 Å². The number of sulfonamides is 1. The van der Waals surface area contributed by atoms with E-state index in [9.17, 15) is 18.0 Å². The van der Waals surface area contributed by atoms with Crippen molar-refractivity contribution in [3.05, 3.63) is 99.0 Å². The summed E-state index contributed by atoms with van der Waals surface area (Å²) in [4.78, 5) is 29.3. The molecule has 1 atom stereocenters. The molecule has 0 saturated heterocycles. The molecular weight excluding hydrogens is 581 g/mol. The number of halogens is 2. The number of aryl methyl sites for hydroxylation is 1. The molecule has 3 aromatic carbocycles. The maximum atomic E-state index is 14.2. The van der Waals surface area contributed by atoms with Crippen molar-refractivity contribution in [2.45, 2.75) is 52.6 Å². The molecule has 41 heavy (non-hydrogen) atoms. The molecule has 0 aliphatic rings. The minimum absolute atomic E-state index is 0.0829. The molecule has 10 heteroatoms. The van der Waals surface area contributed by atoms with Crippen molar-refractivity contribution < 1.29 is 18.0 Å². The van der Waals surface area contributed by atoms with Crippen LogP contribution >= 0.6 is 23.2 Å². The SMILES string of the molecule is CCCCNC(=O)C(Cc1ccccc1)N(Cc1c(Cl)cccc1Cl)C(=O)CN(c1cccc(C)c1C)S(C)(=O)=O. The van der Waals surface area contributed by atoms with Crippen LogP contribution in [-0.2, 0) is 32.6 Å². The van der Waals surface area contributed by atoms with Gasteiger partial charge < -0.3 is 10.2 Å². The molecule has 3 rings (SSSR count). The fraction of sp³-hybridized carbons (Fsp3) is 0.355. The molecule has 0 heterocycles. The number of carbonyl (C=O) groups excluding carboxylic acids is 2. The van der Waals surface area contributed by atoms with Gasteiger partial charge in [0.15, 0.2) is 0 Å². The number of hydrogen-bond acceptors (Lipinski definition) is 4. The molecule has 0 saturated carbocycles. The number of benzene rings is 3. The minimum atomic E-state index is -3.86. The first-order chi connectivity index (χ1) is 19.4. The molecule has 1 N–H and O–H groups in total. The van der Waals surface area contributed by atoms with Crippen molar-refractivity contribution in [1.82, 2.24) is 10.2 Å².